The number of amides is 1. The van der Waals surface area contributed by atoms with Crippen molar-refractivity contribution < 1.29 is 14.3 Å². The van der Waals surface area contributed by atoms with Gasteiger partial charge in [-0.05, 0) is 24.6 Å². The highest BCUT2D eigenvalue weighted by atomic mass is 35.5. The van der Waals surface area contributed by atoms with Crippen molar-refractivity contribution in [3.8, 4) is 22.1 Å². The molecule has 0 aliphatic carbocycles. The van der Waals surface area contributed by atoms with Crippen molar-refractivity contribution >= 4 is 29.7 Å². The molecule has 7 nitrogen and oxygen atoms in total. The Morgan fingerprint density at radius 3 is 2.86 bits per heavy atom. The van der Waals surface area contributed by atoms with Gasteiger partial charge in [0.15, 0.2) is 11.5 Å². The Bertz CT molecular complexity index is 855. The highest BCUT2D eigenvalue weighted by molar-refractivity contribution is 7.16. The van der Waals surface area contributed by atoms with Crippen LogP contribution < -0.4 is 14.8 Å². The van der Waals surface area contributed by atoms with Crippen molar-refractivity contribution in [1.82, 2.24) is 20.1 Å². The van der Waals surface area contributed by atoms with Crippen LogP contribution in [0.3, 0.4) is 0 Å². The van der Waals surface area contributed by atoms with E-state index in [4.69, 9.17) is 9.47 Å². The molecule has 1 atom stereocenters. The zero-order valence-electron chi connectivity index (χ0n) is 15.4. The maximum absolute atomic E-state index is 12.9. The summed E-state index contributed by atoms with van der Waals surface area (Å²) in [7, 11) is 0. The van der Waals surface area contributed by atoms with Gasteiger partial charge in [0, 0.05) is 50.9 Å². The molecule has 3 aliphatic heterocycles. The number of hydrogen-bond acceptors (Lipinski definition) is 7. The van der Waals surface area contributed by atoms with Crippen LogP contribution in [0.1, 0.15) is 16.1 Å². The summed E-state index contributed by atoms with van der Waals surface area (Å²) in [6.45, 7) is 6.11. The van der Waals surface area contributed by atoms with Crippen molar-refractivity contribution in [1.29, 1.82) is 0 Å². The van der Waals surface area contributed by atoms with Gasteiger partial charge in [0.2, 0.25) is 6.79 Å². The summed E-state index contributed by atoms with van der Waals surface area (Å²) in [6, 6.07) is 6.25. The second-order valence-corrected chi connectivity index (χ2v) is 8.11. The van der Waals surface area contributed by atoms with Gasteiger partial charge in [-0.15, -0.1) is 23.7 Å². The van der Waals surface area contributed by atoms with Crippen LogP contribution in [-0.4, -0.2) is 72.8 Å². The Labute approximate surface area is 174 Å². The molecule has 28 heavy (non-hydrogen) atoms. The molecule has 1 amide bonds. The summed E-state index contributed by atoms with van der Waals surface area (Å²) in [4.78, 5) is 22.6. The van der Waals surface area contributed by atoms with E-state index >= 15 is 0 Å². The molecular weight excluding hydrogens is 400 g/mol. The first-order chi connectivity index (χ1) is 13.3. The van der Waals surface area contributed by atoms with E-state index in [0.29, 0.717) is 10.9 Å². The van der Waals surface area contributed by atoms with Gasteiger partial charge in [-0.25, -0.2) is 4.98 Å². The average molecular weight is 423 g/mol. The van der Waals surface area contributed by atoms with Gasteiger partial charge >= 0.3 is 0 Å². The van der Waals surface area contributed by atoms with Gasteiger partial charge in [-0.2, -0.15) is 0 Å². The van der Waals surface area contributed by atoms with Crippen molar-refractivity contribution in [2.45, 2.75) is 12.5 Å². The number of benzene rings is 1. The second-order valence-electron chi connectivity index (χ2n) is 7.08. The van der Waals surface area contributed by atoms with Gasteiger partial charge in [0.05, 0.1) is 6.20 Å². The summed E-state index contributed by atoms with van der Waals surface area (Å²) in [6.07, 6.45) is 2.75. The molecular formula is C19H23ClN4O3S. The van der Waals surface area contributed by atoms with Crippen LogP contribution in [0.5, 0.6) is 11.5 Å². The molecule has 1 aromatic heterocycles. The Balaban J connectivity index is 0.00000192. The van der Waals surface area contributed by atoms with Crippen LogP contribution in [0.4, 0.5) is 0 Å². The van der Waals surface area contributed by atoms with Crippen molar-refractivity contribution in [2.24, 2.45) is 0 Å². The van der Waals surface area contributed by atoms with Crippen LogP contribution >= 0.6 is 23.7 Å². The normalized spacial score (nSPS) is 21.6. The van der Waals surface area contributed by atoms with Crippen LogP contribution in [-0.2, 0) is 0 Å². The lowest BCUT2D eigenvalue weighted by atomic mass is 10.2. The standard InChI is InChI=1S/C19H22N4O3S.ClH/c24-19(23-6-3-14(11-23)22-7-4-20-5-8-22)17-10-21-18(27-17)13-1-2-15-16(9-13)26-12-25-15;/h1-2,9-10,14,20H,3-8,11-12H2;1H. The Morgan fingerprint density at radius 2 is 2.00 bits per heavy atom. The van der Waals surface area contributed by atoms with Crippen LogP contribution in [0.2, 0.25) is 0 Å². The summed E-state index contributed by atoms with van der Waals surface area (Å²) in [5.41, 5.74) is 0.948. The number of nitrogens with zero attached hydrogens (tertiary/aromatic N) is 3. The minimum absolute atomic E-state index is 0. The number of halogens is 1. The van der Waals surface area contributed by atoms with Crippen molar-refractivity contribution in [3.63, 3.8) is 0 Å². The number of likely N-dealkylation sites (tertiary alicyclic amines) is 1. The third-order valence-electron chi connectivity index (χ3n) is 5.45. The fourth-order valence-corrected chi connectivity index (χ4v) is 4.84. The second kappa shape index (κ2) is 8.24. The molecule has 9 heteroatoms. The van der Waals surface area contributed by atoms with Gasteiger partial charge in [0.25, 0.3) is 5.91 Å². The van der Waals surface area contributed by atoms with E-state index in [1.807, 2.05) is 23.1 Å². The number of thiazole rings is 1. The van der Waals surface area contributed by atoms with E-state index in [0.717, 1.165) is 67.8 Å². The molecule has 150 valence electrons. The molecule has 0 bridgehead atoms. The Morgan fingerprint density at radius 1 is 1.18 bits per heavy atom. The predicted octanol–water partition coefficient (Wildman–Crippen LogP) is 2.08. The maximum atomic E-state index is 12.9. The van der Waals surface area contributed by atoms with E-state index in [-0.39, 0.29) is 25.1 Å². The fourth-order valence-electron chi connectivity index (χ4n) is 3.96. The lowest BCUT2D eigenvalue weighted by Crippen LogP contribution is -2.49. The molecule has 1 aromatic carbocycles. The number of ether oxygens (including phenoxy) is 2. The summed E-state index contributed by atoms with van der Waals surface area (Å²) >= 11 is 1.44. The Hall–Kier alpha value is -1.87. The molecule has 4 heterocycles. The minimum Gasteiger partial charge on any atom is -0.454 e. The minimum atomic E-state index is 0. The zero-order chi connectivity index (χ0) is 18.2. The van der Waals surface area contributed by atoms with Gasteiger partial charge < -0.3 is 19.7 Å². The molecule has 1 N–H and O–H groups in total. The third kappa shape index (κ3) is 3.69. The van der Waals surface area contributed by atoms with E-state index in [1.54, 1.807) is 6.20 Å². The maximum Gasteiger partial charge on any atom is 0.265 e. The molecule has 0 saturated carbocycles. The smallest absolute Gasteiger partial charge is 0.265 e. The largest absolute Gasteiger partial charge is 0.454 e. The van der Waals surface area contributed by atoms with Crippen LogP contribution in [0, 0.1) is 0 Å². The summed E-state index contributed by atoms with van der Waals surface area (Å²) in [5.74, 6) is 1.58. The van der Waals surface area contributed by atoms with E-state index in [2.05, 4.69) is 15.2 Å². The monoisotopic (exact) mass is 422 g/mol. The van der Waals surface area contributed by atoms with Gasteiger partial charge in [0.1, 0.15) is 9.88 Å². The van der Waals surface area contributed by atoms with Crippen LogP contribution in [0.15, 0.2) is 24.4 Å². The topological polar surface area (TPSA) is 66.9 Å². The highest BCUT2D eigenvalue weighted by Gasteiger charge is 2.32. The molecule has 2 aromatic rings. The number of piperazine rings is 1. The summed E-state index contributed by atoms with van der Waals surface area (Å²) < 4.78 is 10.8. The first-order valence-corrected chi connectivity index (χ1v) is 10.2. The molecule has 2 fully saturated rings. The molecule has 5 rings (SSSR count). The third-order valence-corrected chi connectivity index (χ3v) is 6.49. The SMILES string of the molecule is Cl.O=C(c1cnc(-c2ccc3c(c2)OCO3)s1)N1CCC(N2CCNCC2)C1. The lowest BCUT2D eigenvalue weighted by molar-refractivity contribution is 0.0778. The van der Waals surface area contributed by atoms with Crippen LogP contribution in [0.25, 0.3) is 10.6 Å². The van der Waals surface area contributed by atoms with Crippen molar-refractivity contribution in [3.05, 3.63) is 29.3 Å². The van der Waals surface area contributed by atoms with E-state index < -0.39 is 0 Å². The number of nitrogens with one attached hydrogen (secondary N) is 1. The van der Waals surface area contributed by atoms with Crippen molar-refractivity contribution in [2.75, 3.05) is 46.1 Å². The first-order valence-electron chi connectivity index (χ1n) is 9.38. The molecule has 0 spiro atoms. The van der Waals surface area contributed by atoms with E-state index in [1.165, 1.54) is 11.3 Å². The van der Waals surface area contributed by atoms with E-state index in [9.17, 15) is 4.79 Å². The molecule has 0 radical (unpaired) electrons. The highest BCUT2D eigenvalue weighted by Crippen LogP contribution is 2.37. The zero-order valence-corrected chi connectivity index (χ0v) is 17.1. The molecule has 2 saturated heterocycles. The number of aromatic nitrogens is 1. The fraction of sp³-hybridized carbons (Fsp3) is 0.474. The van der Waals surface area contributed by atoms with Gasteiger partial charge in [-0.3, -0.25) is 9.69 Å². The number of hydrogen-bond donors (Lipinski definition) is 1. The number of fused-ring (bicyclic) bond motifs is 1. The number of carbonyl (C=O) groups is 1. The lowest BCUT2D eigenvalue weighted by Gasteiger charge is -2.32. The summed E-state index contributed by atoms with van der Waals surface area (Å²) in [5, 5.41) is 4.21. The predicted molar refractivity (Wildman–Crippen MR) is 110 cm³/mol. The average Bonchev–Trinajstić information content (AvgIpc) is 3.47. The quantitative estimate of drug-likeness (QED) is 0.816. The van der Waals surface area contributed by atoms with Gasteiger partial charge in [-0.1, -0.05) is 0 Å². The number of carbonyl (C=O) groups excluding carboxylic acids is 1. The molecule has 1 unspecified atom stereocenters. The molecule has 3 aliphatic rings. The number of rotatable bonds is 3. The Kier molecular flexibility index (Phi) is 5.73. The first kappa shape index (κ1) is 19.4.